The van der Waals surface area contributed by atoms with Crippen molar-refractivity contribution in [2.45, 2.75) is 25.9 Å². The van der Waals surface area contributed by atoms with Crippen LogP contribution < -0.4 is 0 Å². The van der Waals surface area contributed by atoms with E-state index >= 15 is 0 Å². The lowest BCUT2D eigenvalue weighted by Crippen LogP contribution is -2.35. The van der Waals surface area contributed by atoms with Gasteiger partial charge in [0.15, 0.2) is 11.4 Å². The zero-order chi connectivity index (χ0) is 17.0. The van der Waals surface area contributed by atoms with Gasteiger partial charge in [0.2, 0.25) is 0 Å². The predicted molar refractivity (Wildman–Crippen MR) is 95.2 cm³/mol. The second-order valence-corrected chi connectivity index (χ2v) is 6.56. The highest BCUT2D eigenvalue weighted by Crippen LogP contribution is 2.31. The molecule has 120 valence electrons. The molecule has 0 saturated carbocycles. The van der Waals surface area contributed by atoms with Gasteiger partial charge in [-0.25, -0.2) is 0 Å². The van der Waals surface area contributed by atoms with Crippen LogP contribution in [0.2, 0.25) is 10.0 Å². The molecule has 0 saturated heterocycles. The number of rotatable bonds is 5. The van der Waals surface area contributed by atoms with Crippen LogP contribution in [0, 0.1) is 0 Å². The molecule has 0 aliphatic rings. The number of carbonyl (C=O) groups is 1. The first-order valence-corrected chi connectivity index (χ1v) is 8.00. The second kappa shape index (κ2) is 7.31. The minimum absolute atomic E-state index is 0.193. The van der Waals surface area contributed by atoms with E-state index in [9.17, 15) is 9.90 Å². The Balaban J connectivity index is 2.48. The van der Waals surface area contributed by atoms with Crippen LogP contribution in [0.25, 0.3) is 0 Å². The first-order chi connectivity index (χ1) is 10.8. The summed E-state index contributed by atoms with van der Waals surface area (Å²) in [5.74, 6) is -0.367. The molecular weight excluding hydrogens is 331 g/mol. The van der Waals surface area contributed by atoms with Crippen molar-refractivity contribution in [1.82, 2.24) is 0 Å². The van der Waals surface area contributed by atoms with E-state index < -0.39 is 5.60 Å². The monoisotopic (exact) mass is 348 g/mol. The fraction of sp³-hybridized carbons (Fsp3) is 0.211. The molecule has 2 aromatic carbocycles. The average molecular weight is 349 g/mol. The van der Waals surface area contributed by atoms with Gasteiger partial charge in [0.05, 0.1) is 0 Å². The van der Waals surface area contributed by atoms with Crippen LogP contribution in [0.1, 0.15) is 36.2 Å². The Morgan fingerprint density at radius 3 is 1.96 bits per heavy atom. The Morgan fingerprint density at radius 1 is 1.00 bits per heavy atom. The van der Waals surface area contributed by atoms with Crippen LogP contribution >= 0.6 is 23.2 Å². The molecule has 2 rings (SSSR count). The minimum atomic E-state index is -1.64. The van der Waals surface area contributed by atoms with E-state index in [1.165, 1.54) is 0 Å². The van der Waals surface area contributed by atoms with Gasteiger partial charge in [0.1, 0.15) is 0 Å². The smallest absolute Gasteiger partial charge is 0.199 e. The van der Waals surface area contributed by atoms with Gasteiger partial charge < -0.3 is 5.11 Å². The van der Waals surface area contributed by atoms with Crippen molar-refractivity contribution in [3.05, 3.63) is 81.4 Å². The van der Waals surface area contributed by atoms with Crippen molar-refractivity contribution < 1.29 is 9.90 Å². The molecule has 2 nitrogen and oxygen atoms in total. The van der Waals surface area contributed by atoms with E-state index in [1.807, 2.05) is 19.9 Å². The van der Waals surface area contributed by atoms with Crippen LogP contribution in [0.4, 0.5) is 0 Å². The van der Waals surface area contributed by atoms with E-state index in [0.717, 1.165) is 5.57 Å². The van der Waals surface area contributed by atoms with Gasteiger partial charge in [0.25, 0.3) is 0 Å². The highest BCUT2D eigenvalue weighted by Gasteiger charge is 2.37. The Hall–Kier alpha value is -1.61. The lowest BCUT2D eigenvalue weighted by Gasteiger charge is -2.26. The number of Topliss-reactive ketones (excluding diaryl/α,β-unsaturated/α-hetero) is 1. The fourth-order valence-electron chi connectivity index (χ4n) is 2.26. The third-order valence-corrected chi connectivity index (χ3v) is 4.11. The molecule has 4 heteroatoms. The third-order valence-electron chi connectivity index (χ3n) is 3.61. The van der Waals surface area contributed by atoms with Crippen LogP contribution in [-0.2, 0) is 5.60 Å². The van der Waals surface area contributed by atoms with E-state index in [4.69, 9.17) is 23.2 Å². The highest BCUT2D eigenvalue weighted by atomic mass is 35.5. The molecule has 2 aromatic rings. The molecule has 0 aliphatic heterocycles. The lowest BCUT2D eigenvalue weighted by atomic mass is 9.83. The molecule has 0 heterocycles. The van der Waals surface area contributed by atoms with E-state index in [2.05, 4.69) is 0 Å². The summed E-state index contributed by atoms with van der Waals surface area (Å²) >= 11 is 11.8. The zero-order valence-electron chi connectivity index (χ0n) is 13.0. The van der Waals surface area contributed by atoms with Crippen molar-refractivity contribution in [2.24, 2.45) is 0 Å². The molecule has 0 aromatic heterocycles. The van der Waals surface area contributed by atoms with Crippen molar-refractivity contribution in [2.75, 3.05) is 0 Å². The minimum Gasteiger partial charge on any atom is -0.377 e. The van der Waals surface area contributed by atoms with Gasteiger partial charge in [-0.05, 0) is 55.8 Å². The molecule has 0 amide bonds. The standard InChI is InChI=1S/C19H18Cl2O2/c1-13(2)11-12-19(23,15-5-9-17(21)10-6-15)18(22)14-3-7-16(20)8-4-14/h3-11,23H,12H2,1-2H3. The Morgan fingerprint density at radius 2 is 1.48 bits per heavy atom. The fourth-order valence-corrected chi connectivity index (χ4v) is 2.51. The molecule has 0 aliphatic carbocycles. The summed E-state index contributed by atoms with van der Waals surface area (Å²) < 4.78 is 0. The number of halogens is 2. The summed E-state index contributed by atoms with van der Waals surface area (Å²) in [5, 5.41) is 12.2. The van der Waals surface area contributed by atoms with Gasteiger partial charge in [-0.15, -0.1) is 0 Å². The molecule has 0 bridgehead atoms. The maximum Gasteiger partial charge on any atom is 0.199 e. The van der Waals surface area contributed by atoms with Crippen molar-refractivity contribution in [3.8, 4) is 0 Å². The molecule has 0 spiro atoms. The average Bonchev–Trinajstić information content (AvgIpc) is 2.53. The Bertz CT molecular complexity index is 714. The number of carbonyl (C=O) groups excluding carboxylic acids is 1. The van der Waals surface area contributed by atoms with E-state index in [-0.39, 0.29) is 12.2 Å². The maximum atomic E-state index is 12.9. The SMILES string of the molecule is CC(C)=CCC(O)(C(=O)c1ccc(Cl)cc1)c1ccc(Cl)cc1. The molecule has 1 N–H and O–H groups in total. The topological polar surface area (TPSA) is 37.3 Å². The summed E-state index contributed by atoms with van der Waals surface area (Å²) in [4.78, 5) is 12.9. The number of benzene rings is 2. The summed E-state index contributed by atoms with van der Waals surface area (Å²) in [7, 11) is 0. The summed E-state index contributed by atoms with van der Waals surface area (Å²) in [6.45, 7) is 3.85. The van der Waals surface area contributed by atoms with Gasteiger partial charge >= 0.3 is 0 Å². The van der Waals surface area contributed by atoms with E-state index in [1.54, 1.807) is 48.5 Å². The van der Waals surface area contributed by atoms with Crippen molar-refractivity contribution >= 4 is 29.0 Å². The summed E-state index contributed by atoms with van der Waals surface area (Å²) in [5.41, 5.74) is 0.310. The van der Waals surface area contributed by atoms with Crippen LogP contribution in [-0.4, -0.2) is 10.9 Å². The van der Waals surface area contributed by atoms with Gasteiger partial charge in [-0.1, -0.05) is 47.0 Å². The molecule has 0 radical (unpaired) electrons. The number of ketones is 1. The number of allylic oxidation sites excluding steroid dienone is 1. The van der Waals surface area contributed by atoms with Crippen molar-refractivity contribution in [1.29, 1.82) is 0 Å². The maximum absolute atomic E-state index is 12.9. The molecule has 0 fully saturated rings. The normalized spacial score (nSPS) is 13.3. The van der Waals surface area contributed by atoms with Gasteiger partial charge in [-0.2, -0.15) is 0 Å². The summed E-state index contributed by atoms with van der Waals surface area (Å²) in [6.07, 6.45) is 2.04. The Kier molecular flexibility index (Phi) is 5.64. The van der Waals surface area contributed by atoms with Crippen LogP contribution in [0.3, 0.4) is 0 Å². The predicted octanol–water partition coefficient (Wildman–Crippen LogP) is 5.42. The Labute approximate surface area is 146 Å². The highest BCUT2D eigenvalue weighted by molar-refractivity contribution is 6.31. The van der Waals surface area contributed by atoms with Crippen LogP contribution in [0.5, 0.6) is 0 Å². The lowest BCUT2D eigenvalue weighted by molar-refractivity contribution is 0.0312. The third kappa shape index (κ3) is 4.23. The number of aliphatic hydroxyl groups is 1. The first-order valence-electron chi connectivity index (χ1n) is 7.25. The first kappa shape index (κ1) is 17.7. The van der Waals surface area contributed by atoms with E-state index in [0.29, 0.717) is 21.2 Å². The number of hydrogen-bond acceptors (Lipinski definition) is 2. The second-order valence-electron chi connectivity index (χ2n) is 5.69. The largest absolute Gasteiger partial charge is 0.377 e. The summed E-state index contributed by atoms with van der Waals surface area (Å²) in [6, 6.07) is 13.2. The van der Waals surface area contributed by atoms with Crippen molar-refractivity contribution in [3.63, 3.8) is 0 Å². The molecular formula is C19H18Cl2O2. The van der Waals surface area contributed by atoms with Gasteiger partial charge in [0, 0.05) is 22.0 Å². The quantitative estimate of drug-likeness (QED) is 0.578. The zero-order valence-corrected chi connectivity index (χ0v) is 14.5. The van der Waals surface area contributed by atoms with Crippen LogP contribution in [0.15, 0.2) is 60.2 Å². The number of hydrogen-bond donors (Lipinski definition) is 1. The molecule has 1 unspecified atom stereocenters. The molecule has 1 atom stereocenters. The van der Waals surface area contributed by atoms with Gasteiger partial charge in [-0.3, -0.25) is 4.79 Å². The molecule has 23 heavy (non-hydrogen) atoms.